The summed E-state index contributed by atoms with van der Waals surface area (Å²) in [5.41, 5.74) is 6.43. The standard InChI is InChI=1S/C16H27N3O2/c1-4-21-14-10-6-5-9-13(14)18-12-8-7-11-16(2,3)15(17)19-20/h5-6,9-10,18,20H,4,7-8,11-12H2,1-3H3,(H2,17,19). The lowest BCUT2D eigenvalue weighted by Gasteiger charge is -2.22. The van der Waals surface area contributed by atoms with Crippen molar-refractivity contribution in [3.8, 4) is 5.75 Å². The molecule has 1 rings (SSSR count). The van der Waals surface area contributed by atoms with Crippen molar-refractivity contribution in [2.45, 2.75) is 40.0 Å². The summed E-state index contributed by atoms with van der Waals surface area (Å²) in [4.78, 5) is 0. The first-order valence-electron chi connectivity index (χ1n) is 7.45. The van der Waals surface area contributed by atoms with Crippen LogP contribution in [-0.2, 0) is 0 Å². The Morgan fingerprint density at radius 1 is 1.33 bits per heavy atom. The summed E-state index contributed by atoms with van der Waals surface area (Å²) in [6, 6.07) is 7.95. The minimum atomic E-state index is -0.266. The Labute approximate surface area is 127 Å². The summed E-state index contributed by atoms with van der Waals surface area (Å²) < 4.78 is 5.57. The SMILES string of the molecule is CCOc1ccccc1NCCCCC(C)(C)/C(N)=N/O. The third-order valence-electron chi connectivity index (χ3n) is 3.53. The number of hydrogen-bond acceptors (Lipinski definition) is 4. The third-order valence-corrected chi connectivity index (χ3v) is 3.53. The van der Waals surface area contributed by atoms with E-state index in [0.29, 0.717) is 6.61 Å². The monoisotopic (exact) mass is 293 g/mol. The molecule has 0 unspecified atom stereocenters. The van der Waals surface area contributed by atoms with Crippen molar-refractivity contribution in [2.75, 3.05) is 18.5 Å². The van der Waals surface area contributed by atoms with E-state index in [1.807, 2.05) is 45.0 Å². The second-order valence-electron chi connectivity index (χ2n) is 5.68. The van der Waals surface area contributed by atoms with Crippen LogP contribution < -0.4 is 15.8 Å². The van der Waals surface area contributed by atoms with Crippen molar-refractivity contribution >= 4 is 11.5 Å². The van der Waals surface area contributed by atoms with Gasteiger partial charge in [-0.15, -0.1) is 0 Å². The molecular weight excluding hydrogens is 266 g/mol. The molecule has 0 spiro atoms. The molecule has 0 fully saturated rings. The number of nitrogens with two attached hydrogens (primary N) is 1. The van der Waals surface area contributed by atoms with Crippen molar-refractivity contribution in [3.05, 3.63) is 24.3 Å². The molecule has 0 amide bonds. The van der Waals surface area contributed by atoms with Gasteiger partial charge in [-0.1, -0.05) is 37.6 Å². The number of benzene rings is 1. The molecule has 21 heavy (non-hydrogen) atoms. The smallest absolute Gasteiger partial charge is 0.144 e. The maximum Gasteiger partial charge on any atom is 0.144 e. The van der Waals surface area contributed by atoms with Crippen LogP contribution >= 0.6 is 0 Å². The zero-order chi connectivity index (χ0) is 15.7. The number of para-hydroxylation sites is 2. The number of ether oxygens (including phenoxy) is 1. The zero-order valence-corrected chi connectivity index (χ0v) is 13.2. The van der Waals surface area contributed by atoms with E-state index in [4.69, 9.17) is 15.7 Å². The Hall–Kier alpha value is -1.91. The lowest BCUT2D eigenvalue weighted by molar-refractivity contribution is 0.304. The Kier molecular flexibility index (Phi) is 6.85. The van der Waals surface area contributed by atoms with Crippen LogP contribution in [0.2, 0.25) is 0 Å². The minimum Gasteiger partial charge on any atom is -0.492 e. The molecule has 0 atom stereocenters. The second kappa shape index (κ2) is 8.39. The van der Waals surface area contributed by atoms with E-state index in [9.17, 15) is 0 Å². The van der Waals surface area contributed by atoms with E-state index >= 15 is 0 Å². The number of amidine groups is 1. The van der Waals surface area contributed by atoms with Gasteiger partial charge in [0.25, 0.3) is 0 Å². The number of anilines is 1. The summed E-state index contributed by atoms with van der Waals surface area (Å²) >= 11 is 0. The number of hydrogen-bond donors (Lipinski definition) is 3. The van der Waals surface area contributed by atoms with Crippen LogP contribution in [0, 0.1) is 5.41 Å². The maximum atomic E-state index is 8.74. The van der Waals surface area contributed by atoms with Gasteiger partial charge in [-0.25, -0.2) is 0 Å². The second-order valence-corrected chi connectivity index (χ2v) is 5.68. The van der Waals surface area contributed by atoms with Gasteiger partial charge in [0.1, 0.15) is 11.6 Å². The molecule has 0 aliphatic heterocycles. The van der Waals surface area contributed by atoms with Crippen molar-refractivity contribution in [1.82, 2.24) is 0 Å². The van der Waals surface area contributed by atoms with Gasteiger partial charge in [0, 0.05) is 12.0 Å². The molecule has 0 aliphatic rings. The van der Waals surface area contributed by atoms with Crippen molar-refractivity contribution < 1.29 is 9.94 Å². The fraction of sp³-hybridized carbons (Fsp3) is 0.562. The molecule has 1 aromatic carbocycles. The fourth-order valence-electron chi connectivity index (χ4n) is 2.07. The van der Waals surface area contributed by atoms with Crippen LogP contribution in [0.15, 0.2) is 29.4 Å². The van der Waals surface area contributed by atoms with Crippen LogP contribution in [0.25, 0.3) is 0 Å². The Morgan fingerprint density at radius 3 is 2.71 bits per heavy atom. The Bertz CT molecular complexity index is 459. The molecule has 0 aromatic heterocycles. The molecule has 5 nitrogen and oxygen atoms in total. The average molecular weight is 293 g/mol. The Morgan fingerprint density at radius 2 is 2.05 bits per heavy atom. The van der Waals surface area contributed by atoms with Crippen molar-refractivity contribution in [1.29, 1.82) is 0 Å². The summed E-state index contributed by atoms with van der Waals surface area (Å²) in [5.74, 6) is 1.18. The summed E-state index contributed by atoms with van der Waals surface area (Å²) in [6.45, 7) is 7.48. The van der Waals surface area contributed by atoms with Gasteiger partial charge < -0.3 is 21.0 Å². The van der Waals surface area contributed by atoms with E-state index in [0.717, 1.165) is 37.2 Å². The lowest BCUT2D eigenvalue weighted by Crippen LogP contribution is -2.31. The molecule has 0 saturated carbocycles. The number of unbranched alkanes of at least 4 members (excludes halogenated alkanes) is 1. The predicted molar refractivity (Wildman–Crippen MR) is 87.1 cm³/mol. The molecule has 0 bridgehead atoms. The largest absolute Gasteiger partial charge is 0.492 e. The van der Waals surface area contributed by atoms with E-state index in [1.165, 1.54) is 0 Å². The third kappa shape index (κ3) is 5.53. The molecule has 0 heterocycles. The van der Waals surface area contributed by atoms with Gasteiger partial charge in [-0.3, -0.25) is 0 Å². The molecule has 0 saturated heterocycles. The van der Waals surface area contributed by atoms with Gasteiger partial charge in [-0.2, -0.15) is 0 Å². The first kappa shape index (κ1) is 17.1. The van der Waals surface area contributed by atoms with Crippen LogP contribution in [-0.4, -0.2) is 24.2 Å². The first-order valence-corrected chi connectivity index (χ1v) is 7.45. The minimum absolute atomic E-state index is 0.266. The van der Waals surface area contributed by atoms with E-state index in [2.05, 4.69) is 10.5 Å². The van der Waals surface area contributed by atoms with E-state index < -0.39 is 0 Å². The summed E-state index contributed by atoms with van der Waals surface area (Å²) in [5, 5.41) is 15.2. The lowest BCUT2D eigenvalue weighted by atomic mass is 9.86. The van der Waals surface area contributed by atoms with Gasteiger partial charge in [0.2, 0.25) is 0 Å². The number of nitrogens with one attached hydrogen (secondary N) is 1. The topological polar surface area (TPSA) is 79.9 Å². The van der Waals surface area contributed by atoms with Crippen LogP contribution in [0.5, 0.6) is 5.75 Å². The van der Waals surface area contributed by atoms with Crippen LogP contribution in [0.3, 0.4) is 0 Å². The fourth-order valence-corrected chi connectivity index (χ4v) is 2.07. The van der Waals surface area contributed by atoms with Gasteiger partial charge in [0.05, 0.1) is 12.3 Å². The molecule has 0 aliphatic carbocycles. The quantitative estimate of drug-likeness (QED) is 0.214. The first-order chi connectivity index (χ1) is 10.0. The Balaban J connectivity index is 2.35. The maximum absolute atomic E-state index is 8.74. The molecule has 5 heteroatoms. The molecular formula is C16H27N3O2. The predicted octanol–water partition coefficient (Wildman–Crippen LogP) is 3.44. The van der Waals surface area contributed by atoms with Gasteiger partial charge in [0.15, 0.2) is 0 Å². The average Bonchev–Trinajstić information content (AvgIpc) is 2.47. The molecule has 4 N–H and O–H groups in total. The van der Waals surface area contributed by atoms with E-state index in [-0.39, 0.29) is 11.3 Å². The molecule has 0 radical (unpaired) electrons. The number of oxime groups is 1. The molecule has 118 valence electrons. The van der Waals surface area contributed by atoms with Crippen LogP contribution in [0.4, 0.5) is 5.69 Å². The number of nitrogens with zero attached hydrogens (tertiary/aromatic N) is 1. The highest BCUT2D eigenvalue weighted by Gasteiger charge is 2.22. The number of rotatable bonds is 9. The summed E-state index contributed by atoms with van der Waals surface area (Å²) in [6.07, 6.45) is 2.91. The highest BCUT2D eigenvalue weighted by atomic mass is 16.5. The van der Waals surface area contributed by atoms with Crippen LogP contribution in [0.1, 0.15) is 40.0 Å². The molecule has 1 aromatic rings. The van der Waals surface area contributed by atoms with Crippen molar-refractivity contribution in [3.63, 3.8) is 0 Å². The highest BCUT2D eigenvalue weighted by Crippen LogP contribution is 2.25. The normalized spacial score (nSPS) is 12.2. The van der Waals surface area contributed by atoms with Crippen molar-refractivity contribution in [2.24, 2.45) is 16.3 Å². The summed E-state index contributed by atoms with van der Waals surface area (Å²) in [7, 11) is 0. The highest BCUT2D eigenvalue weighted by molar-refractivity contribution is 5.85. The van der Waals surface area contributed by atoms with Gasteiger partial charge in [-0.05, 0) is 31.9 Å². The van der Waals surface area contributed by atoms with Gasteiger partial charge >= 0.3 is 0 Å². The zero-order valence-electron chi connectivity index (χ0n) is 13.2. The van der Waals surface area contributed by atoms with E-state index in [1.54, 1.807) is 0 Å².